The van der Waals surface area contributed by atoms with E-state index in [1.807, 2.05) is 41.2 Å². The van der Waals surface area contributed by atoms with Gasteiger partial charge in [0.2, 0.25) is 6.54 Å². The van der Waals surface area contributed by atoms with Crippen molar-refractivity contribution >= 4 is 16.7 Å². The molecule has 0 saturated carbocycles. The second kappa shape index (κ2) is 5.49. The van der Waals surface area contributed by atoms with Gasteiger partial charge in [-0.2, -0.15) is 4.57 Å². The Bertz CT molecular complexity index is 566. The Morgan fingerprint density at radius 2 is 2.11 bits per heavy atom. The third-order valence-corrected chi connectivity index (χ3v) is 2.66. The molecule has 1 heterocycles. The van der Waals surface area contributed by atoms with Crippen LogP contribution in [0.25, 0.3) is 10.8 Å². The van der Waals surface area contributed by atoms with Crippen molar-refractivity contribution in [3.05, 3.63) is 36.7 Å². The molecular weight excluding hydrogens is 230 g/mol. The monoisotopic (exact) mass is 246 g/mol. The number of carbonyl (C=O) groups excluding carboxylic acids is 1. The topological polar surface area (TPSA) is 39.4 Å². The first-order chi connectivity index (χ1) is 8.72. The van der Waals surface area contributed by atoms with E-state index in [1.54, 1.807) is 14.0 Å². The number of benzene rings is 1. The van der Waals surface area contributed by atoms with Gasteiger partial charge in [-0.1, -0.05) is 0 Å². The molecule has 4 heteroatoms. The molecule has 18 heavy (non-hydrogen) atoms. The van der Waals surface area contributed by atoms with E-state index < -0.39 is 0 Å². The van der Waals surface area contributed by atoms with Gasteiger partial charge in [-0.15, -0.1) is 0 Å². The summed E-state index contributed by atoms with van der Waals surface area (Å²) in [6, 6.07) is 7.79. The number of methoxy groups -OCH3 is 1. The van der Waals surface area contributed by atoms with Crippen LogP contribution in [0.15, 0.2) is 36.7 Å². The van der Waals surface area contributed by atoms with Gasteiger partial charge in [-0.05, 0) is 30.5 Å². The van der Waals surface area contributed by atoms with Gasteiger partial charge in [0, 0.05) is 11.5 Å². The summed E-state index contributed by atoms with van der Waals surface area (Å²) in [5.41, 5.74) is 0. The van der Waals surface area contributed by atoms with Gasteiger partial charge in [-0.25, -0.2) is 4.79 Å². The van der Waals surface area contributed by atoms with Crippen molar-refractivity contribution in [2.75, 3.05) is 13.7 Å². The molecule has 2 aromatic rings. The minimum Gasteiger partial charge on any atom is -0.497 e. The third kappa shape index (κ3) is 2.77. The van der Waals surface area contributed by atoms with Crippen LogP contribution in [0.5, 0.6) is 5.75 Å². The molecule has 0 aliphatic carbocycles. The van der Waals surface area contributed by atoms with Crippen molar-refractivity contribution in [2.24, 2.45) is 0 Å². The van der Waals surface area contributed by atoms with Crippen LogP contribution in [0.4, 0.5) is 0 Å². The lowest BCUT2D eigenvalue weighted by molar-refractivity contribution is -0.684. The largest absolute Gasteiger partial charge is 0.497 e. The molecule has 1 aromatic carbocycles. The molecule has 0 bridgehead atoms. The molecule has 4 nitrogen and oxygen atoms in total. The maximum atomic E-state index is 11.4. The second-order valence-electron chi connectivity index (χ2n) is 3.92. The number of nitrogens with zero attached hydrogens (tertiary/aromatic N) is 1. The van der Waals surface area contributed by atoms with E-state index in [4.69, 9.17) is 9.47 Å². The molecule has 0 atom stereocenters. The summed E-state index contributed by atoms with van der Waals surface area (Å²) in [5, 5.41) is 2.14. The average molecular weight is 246 g/mol. The standard InChI is InChI=1S/C14H16NO3/c1-3-18-14(16)10-15-7-6-11-8-13(17-2)5-4-12(11)9-15/h4-9H,3,10H2,1-2H3/q+1. The van der Waals surface area contributed by atoms with Crippen LogP contribution >= 0.6 is 0 Å². The van der Waals surface area contributed by atoms with E-state index in [0.717, 1.165) is 16.5 Å². The minimum absolute atomic E-state index is 0.227. The van der Waals surface area contributed by atoms with E-state index in [2.05, 4.69) is 0 Å². The number of hydrogen-bond acceptors (Lipinski definition) is 3. The number of pyridine rings is 1. The fourth-order valence-electron chi connectivity index (χ4n) is 1.79. The van der Waals surface area contributed by atoms with Crippen LogP contribution in [0.3, 0.4) is 0 Å². The highest BCUT2D eigenvalue weighted by Gasteiger charge is 2.10. The van der Waals surface area contributed by atoms with Crippen molar-refractivity contribution in [1.82, 2.24) is 0 Å². The second-order valence-corrected chi connectivity index (χ2v) is 3.92. The zero-order chi connectivity index (χ0) is 13.0. The molecule has 0 saturated heterocycles. The molecule has 0 fully saturated rings. The van der Waals surface area contributed by atoms with Crippen LogP contribution in [0, 0.1) is 0 Å². The highest BCUT2D eigenvalue weighted by molar-refractivity contribution is 5.82. The number of hydrogen-bond donors (Lipinski definition) is 0. The normalized spacial score (nSPS) is 10.3. The van der Waals surface area contributed by atoms with Crippen molar-refractivity contribution < 1.29 is 18.8 Å². The van der Waals surface area contributed by atoms with E-state index in [0.29, 0.717) is 6.61 Å². The smallest absolute Gasteiger partial charge is 0.372 e. The first-order valence-electron chi connectivity index (χ1n) is 5.85. The predicted octanol–water partition coefficient (Wildman–Crippen LogP) is 1.70. The fraction of sp³-hybridized carbons (Fsp3) is 0.286. The molecule has 0 aliphatic rings. The SMILES string of the molecule is CCOC(=O)C[n+]1ccc2cc(OC)ccc2c1. The summed E-state index contributed by atoms with van der Waals surface area (Å²) in [5.74, 6) is 0.598. The van der Waals surface area contributed by atoms with Gasteiger partial charge < -0.3 is 9.47 Å². The maximum Gasteiger partial charge on any atom is 0.372 e. The molecule has 94 valence electrons. The highest BCUT2D eigenvalue weighted by Crippen LogP contribution is 2.18. The molecular formula is C14H16NO3+. The average Bonchev–Trinajstić information content (AvgIpc) is 2.38. The van der Waals surface area contributed by atoms with Gasteiger partial charge in [0.15, 0.2) is 12.4 Å². The summed E-state index contributed by atoms with van der Waals surface area (Å²) in [4.78, 5) is 11.4. The first kappa shape index (κ1) is 12.4. The summed E-state index contributed by atoms with van der Waals surface area (Å²) < 4.78 is 11.9. The number of fused-ring (bicyclic) bond motifs is 1. The molecule has 2 rings (SSSR count). The Balaban J connectivity index is 2.25. The summed E-state index contributed by atoms with van der Waals surface area (Å²) in [6.07, 6.45) is 3.78. The maximum absolute atomic E-state index is 11.4. The number of ether oxygens (including phenoxy) is 2. The predicted molar refractivity (Wildman–Crippen MR) is 67.3 cm³/mol. The van der Waals surface area contributed by atoms with Gasteiger partial charge in [0.05, 0.1) is 13.7 Å². The van der Waals surface area contributed by atoms with Crippen molar-refractivity contribution in [3.63, 3.8) is 0 Å². The third-order valence-electron chi connectivity index (χ3n) is 2.66. The van der Waals surface area contributed by atoms with Crippen LogP contribution in [0.1, 0.15) is 6.92 Å². The van der Waals surface area contributed by atoms with E-state index in [9.17, 15) is 4.79 Å². The zero-order valence-corrected chi connectivity index (χ0v) is 10.6. The summed E-state index contributed by atoms with van der Waals surface area (Å²) in [6.45, 7) is 2.44. The van der Waals surface area contributed by atoms with Gasteiger partial charge in [-0.3, -0.25) is 0 Å². The van der Waals surface area contributed by atoms with Crippen molar-refractivity contribution in [1.29, 1.82) is 0 Å². The van der Waals surface area contributed by atoms with Gasteiger partial charge in [0.25, 0.3) is 0 Å². The number of esters is 1. The van der Waals surface area contributed by atoms with Crippen LogP contribution in [0.2, 0.25) is 0 Å². The Morgan fingerprint density at radius 1 is 1.28 bits per heavy atom. The van der Waals surface area contributed by atoms with Crippen LogP contribution in [-0.4, -0.2) is 19.7 Å². The lowest BCUT2D eigenvalue weighted by Gasteiger charge is -2.02. The number of rotatable bonds is 4. The molecule has 0 aliphatic heterocycles. The summed E-state index contributed by atoms with van der Waals surface area (Å²) >= 11 is 0. The summed E-state index contributed by atoms with van der Waals surface area (Å²) in [7, 11) is 1.64. The molecule has 0 N–H and O–H groups in total. The molecule has 1 aromatic heterocycles. The van der Waals surface area contributed by atoms with Crippen LogP contribution in [-0.2, 0) is 16.1 Å². The minimum atomic E-state index is -0.227. The van der Waals surface area contributed by atoms with E-state index in [-0.39, 0.29) is 12.5 Å². The van der Waals surface area contributed by atoms with E-state index >= 15 is 0 Å². The zero-order valence-electron chi connectivity index (χ0n) is 10.6. The molecule has 0 spiro atoms. The number of carbonyl (C=O) groups is 1. The highest BCUT2D eigenvalue weighted by atomic mass is 16.5. The van der Waals surface area contributed by atoms with Gasteiger partial charge in [0.1, 0.15) is 5.75 Å². The lowest BCUT2D eigenvalue weighted by Crippen LogP contribution is -2.37. The van der Waals surface area contributed by atoms with E-state index in [1.165, 1.54) is 0 Å². The van der Waals surface area contributed by atoms with Crippen molar-refractivity contribution in [2.45, 2.75) is 13.5 Å². The molecule has 0 unspecified atom stereocenters. The lowest BCUT2D eigenvalue weighted by atomic mass is 10.2. The first-order valence-corrected chi connectivity index (χ1v) is 5.85. The number of aromatic nitrogens is 1. The fourth-order valence-corrected chi connectivity index (χ4v) is 1.79. The van der Waals surface area contributed by atoms with Gasteiger partial charge >= 0.3 is 5.97 Å². The Hall–Kier alpha value is -2.10. The molecule has 0 amide bonds. The molecule has 0 radical (unpaired) electrons. The van der Waals surface area contributed by atoms with Crippen molar-refractivity contribution in [3.8, 4) is 5.75 Å². The quantitative estimate of drug-likeness (QED) is 0.609. The van der Waals surface area contributed by atoms with Crippen LogP contribution < -0.4 is 9.30 Å². The Kier molecular flexibility index (Phi) is 3.77. The Labute approximate surface area is 106 Å². The Morgan fingerprint density at radius 3 is 2.83 bits per heavy atom.